The van der Waals surface area contributed by atoms with Gasteiger partial charge in [-0.25, -0.2) is 9.97 Å². The third-order valence-corrected chi connectivity index (χ3v) is 5.40. The van der Waals surface area contributed by atoms with Crippen LogP contribution in [0.2, 0.25) is 0 Å². The van der Waals surface area contributed by atoms with Gasteiger partial charge in [0.25, 0.3) is 0 Å². The Hall–Kier alpha value is -3.62. The minimum Gasteiger partial charge on any atom is -0.353 e. The van der Waals surface area contributed by atoms with Crippen LogP contribution in [0.15, 0.2) is 42.7 Å². The van der Waals surface area contributed by atoms with Crippen LogP contribution in [0.5, 0.6) is 0 Å². The maximum absolute atomic E-state index is 4.85. The van der Waals surface area contributed by atoms with Crippen LogP contribution < -0.4 is 9.80 Å². The van der Waals surface area contributed by atoms with Gasteiger partial charge in [0.05, 0.1) is 0 Å². The molecular formula is C21H23N9. The van der Waals surface area contributed by atoms with Gasteiger partial charge in [0.2, 0.25) is 0 Å². The molecule has 5 rings (SSSR count). The molecule has 0 bridgehead atoms. The molecule has 9 nitrogen and oxygen atoms in total. The van der Waals surface area contributed by atoms with Crippen molar-refractivity contribution in [1.29, 1.82) is 0 Å². The first kappa shape index (κ1) is 18.4. The molecule has 1 aliphatic heterocycles. The summed E-state index contributed by atoms with van der Waals surface area (Å²) in [5, 5.41) is 12.9. The second kappa shape index (κ2) is 7.66. The van der Waals surface area contributed by atoms with Gasteiger partial charge >= 0.3 is 0 Å². The molecule has 0 radical (unpaired) electrons. The lowest BCUT2D eigenvalue weighted by molar-refractivity contribution is 0.634. The summed E-state index contributed by atoms with van der Waals surface area (Å²) >= 11 is 0. The van der Waals surface area contributed by atoms with E-state index in [0.717, 1.165) is 72.8 Å². The highest BCUT2D eigenvalue weighted by molar-refractivity contribution is 5.58. The normalized spacial score (nSPS) is 14.5. The van der Waals surface area contributed by atoms with Crippen LogP contribution in [-0.2, 0) is 6.42 Å². The average molecular weight is 401 g/mol. The lowest BCUT2D eigenvalue weighted by Crippen LogP contribution is -2.47. The van der Waals surface area contributed by atoms with Crippen molar-refractivity contribution in [2.45, 2.75) is 20.3 Å². The predicted octanol–water partition coefficient (Wildman–Crippen LogP) is 2.17. The summed E-state index contributed by atoms with van der Waals surface area (Å²) in [5.74, 6) is 3.47. The van der Waals surface area contributed by atoms with E-state index in [1.807, 2.05) is 31.2 Å². The Morgan fingerprint density at radius 3 is 2.33 bits per heavy atom. The third-order valence-electron chi connectivity index (χ3n) is 5.40. The summed E-state index contributed by atoms with van der Waals surface area (Å²) in [4.78, 5) is 18.3. The molecule has 1 aliphatic rings. The molecule has 9 heteroatoms. The van der Waals surface area contributed by atoms with E-state index in [9.17, 15) is 0 Å². The van der Waals surface area contributed by atoms with Crippen molar-refractivity contribution in [1.82, 2.24) is 34.8 Å². The maximum atomic E-state index is 4.85. The molecule has 1 fully saturated rings. The van der Waals surface area contributed by atoms with Crippen molar-refractivity contribution in [2.24, 2.45) is 0 Å². The Morgan fingerprint density at radius 1 is 0.867 bits per heavy atom. The van der Waals surface area contributed by atoms with Crippen LogP contribution in [0.1, 0.15) is 18.4 Å². The van der Waals surface area contributed by atoms with Crippen LogP contribution in [0.3, 0.4) is 0 Å². The number of hydrogen-bond acceptors (Lipinski definition) is 8. The summed E-state index contributed by atoms with van der Waals surface area (Å²) in [6.07, 6.45) is 4.42. The van der Waals surface area contributed by atoms with E-state index in [1.54, 1.807) is 16.9 Å². The molecule has 0 unspecified atom stereocenters. The van der Waals surface area contributed by atoms with Gasteiger partial charge in [-0.3, -0.25) is 4.98 Å². The van der Waals surface area contributed by atoms with Crippen LogP contribution in [-0.4, -0.2) is 60.9 Å². The molecule has 4 aromatic rings. The zero-order chi connectivity index (χ0) is 20.5. The minimum absolute atomic E-state index is 0.754. The Balaban J connectivity index is 1.36. The number of aromatic nitrogens is 7. The zero-order valence-corrected chi connectivity index (χ0v) is 17.1. The van der Waals surface area contributed by atoms with Gasteiger partial charge in [-0.2, -0.15) is 4.52 Å². The van der Waals surface area contributed by atoms with Crippen LogP contribution in [0, 0.1) is 6.92 Å². The number of nitrogens with zero attached hydrogens (tertiary/aromatic N) is 9. The number of anilines is 2. The molecule has 5 heterocycles. The molecule has 30 heavy (non-hydrogen) atoms. The van der Waals surface area contributed by atoms with Gasteiger partial charge in [-0.15, -0.1) is 15.3 Å². The van der Waals surface area contributed by atoms with E-state index in [1.165, 1.54) is 0 Å². The zero-order valence-electron chi connectivity index (χ0n) is 17.1. The fourth-order valence-electron chi connectivity index (χ4n) is 3.68. The highest BCUT2D eigenvalue weighted by atomic mass is 15.4. The van der Waals surface area contributed by atoms with Gasteiger partial charge in [-0.05, 0) is 37.6 Å². The molecule has 152 valence electrons. The van der Waals surface area contributed by atoms with Crippen molar-refractivity contribution < 1.29 is 0 Å². The number of aryl methyl sites for hydroxylation is 2. The molecule has 0 saturated carbocycles. The van der Waals surface area contributed by atoms with Gasteiger partial charge in [0, 0.05) is 55.9 Å². The second-order valence-electron chi connectivity index (χ2n) is 7.31. The lowest BCUT2D eigenvalue weighted by atomic mass is 10.2. The minimum atomic E-state index is 0.754. The highest BCUT2D eigenvalue weighted by Crippen LogP contribution is 2.22. The molecule has 0 spiro atoms. The topological polar surface area (TPSA) is 88.2 Å². The largest absolute Gasteiger partial charge is 0.353 e. The smallest absolute Gasteiger partial charge is 0.178 e. The van der Waals surface area contributed by atoms with Crippen molar-refractivity contribution in [3.05, 3.63) is 54.2 Å². The Kier molecular flexibility index (Phi) is 4.70. The van der Waals surface area contributed by atoms with E-state index in [0.29, 0.717) is 0 Å². The molecule has 0 atom stereocenters. The number of piperazine rings is 1. The Morgan fingerprint density at radius 2 is 1.60 bits per heavy atom. The quantitative estimate of drug-likeness (QED) is 0.514. The summed E-state index contributed by atoms with van der Waals surface area (Å²) < 4.78 is 1.79. The monoisotopic (exact) mass is 401 g/mol. The van der Waals surface area contributed by atoms with Crippen LogP contribution in [0.4, 0.5) is 11.6 Å². The number of pyridine rings is 1. The van der Waals surface area contributed by atoms with Gasteiger partial charge in [-0.1, -0.05) is 6.92 Å². The second-order valence-corrected chi connectivity index (χ2v) is 7.31. The van der Waals surface area contributed by atoms with Gasteiger partial charge in [0.15, 0.2) is 17.3 Å². The fraction of sp³-hybridized carbons (Fsp3) is 0.333. The molecular weight excluding hydrogens is 378 g/mol. The number of fused-ring (bicyclic) bond motifs is 1. The Bertz CT molecular complexity index is 1160. The molecule has 4 aromatic heterocycles. The first-order valence-electron chi connectivity index (χ1n) is 10.2. The fourth-order valence-corrected chi connectivity index (χ4v) is 3.68. The SMILES string of the molecule is CCc1cc(N2CCN(c3ccc4nnc(C)n4n3)CC2)nc(-c2ccncc2)n1. The molecule has 1 saturated heterocycles. The molecule has 0 aliphatic carbocycles. The van der Waals surface area contributed by atoms with Gasteiger partial charge in [0.1, 0.15) is 11.6 Å². The average Bonchev–Trinajstić information content (AvgIpc) is 3.19. The Labute approximate surface area is 174 Å². The highest BCUT2D eigenvalue weighted by Gasteiger charge is 2.21. The van der Waals surface area contributed by atoms with Crippen molar-refractivity contribution in [2.75, 3.05) is 36.0 Å². The third kappa shape index (κ3) is 3.42. The maximum Gasteiger partial charge on any atom is 0.178 e. The number of rotatable bonds is 4. The van der Waals surface area contributed by atoms with E-state index in [4.69, 9.17) is 15.1 Å². The lowest BCUT2D eigenvalue weighted by Gasteiger charge is -2.36. The number of hydrogen-bond donors (Lipinski definition) is 0. The van der Waals surface area contributed by atoms with E-state index < -0.39 is 0 Å². The predicted molar refractivity (Wildman–Crippen MR) is 115 cm³/mol. The van der Waals surface area contributed by atoms with E-state index in [2.05, 4.69) is 38.0 Å². The van der Waals surface area contributed by atoms with Crippen molar-refractivity contribution >= 4 is 17.3 Å². The standard InChI is InChI=1S/C21H23N9/c1-3-17-14-20(24-21(23-17)16-6-8-22-9-7-16)29-12-10-28(11-13-29)19-5-4-18-26-25-15(2)30(18)27-19/h4-9,14H,3,10-13H2,1-2H3. The molecule has 0 aromatic carbocycles. The van der Waals surface area contributed by atoms with E-state index in [-0.39, 0.29) is 0 Å². The van der Waals surface area contributed by atoms with Crippen LogP contribution in [0.25, 0.3) is 17.0 Å². The summed E-state index contributed by atoms with van der Waals surface area (Å²) in [6, 6.07) is 9.98. The van der Waals surface area contributed by atoms with Crippen molar-refractivity contribution in [3.63, 3.8) is 0 Å². The van der Waals surface area contributed by atoms with Gasteiger partial charge < -0.3 is 9.80 Å². The summed E-state index contributed by atoms with van der Waals surface area (Å²) in [6.45, 7) is 7.52. The van der Waals surface area contributed by atoms with Crippen molar-refractivity contribution in [3.8, 4) is 11.4 Å². The summed E-state index contributed by atoms with van der Waals surface area (Å²) in [7, 11) is 0. The van der Waals surface area contributed by atoms with Crippen LogP contribution >= 0.6 is 0 Å². The summed E-state index contributed by atoms with van der Waals surface area (Å²) in [5.41, 5.74) is 2.80. The first-order chi connectivity index (χ1) is 14.7. The first-order valence-corrected chi connectivity index (χ1v) is 10.2. The van der Waals surface area contributed by atoms with E-state index >= 15 is 0 Å². The molecule has 0 amide bonds. The molecule has 0 N–H and O–H groups in total.